The first-order chi connectivity index (χ1) is 13.8. The molecule has 0 spiro atoms. The highest BCUT2D eigenvalue weighted by Gasteiger charge is 2.27. The number of carbonyl (C=O) groups excluding carboxylic acids is 2. The summed E-state index contributed by atoms with van der Waals surface area (Å²) in [5.74, 6) is -2.13. The number of hydrogen-bond donors (Lipinski definition) is 3. The third-order valence-electron chi connectivity index (χ3n) is 4.10. The van der Waals surface area contributed by atoms with E-state index in [9.17, 15) is 23.1 Å². The molecular formula is C18H18ClN3O6S. The highest BCUT2D eigenvalue weighted by Crippen LogP contribution is 2.27. The van der Waals surface area contributed by atoms with Crippen LogP contribution in [0, 0.1) is 0 Å². The molecule has 11 heteroatoms. The SMILES string of the molecule is O=C(Nc1cccc(O)c1)C(=O)Nc1cc(S(=O)(=O)N2CCOCC2)ccc1Cl. The first kappa shape index (κ1) is 21.1. The molecule has 1 fully saturated rings. The molecule has 2 amide bonds. The van der Waals surface area contributed by atoms with Gasteiger partial charge in [0.2, 0.25) is 10.0 Å². The molecule has 0 saturated carbocycles. The number of morpholine rings is 1. The molecule has 0 bridgehead atoms. The van der Waals surface area contributed by atoms with Crippen molar-refractivity contribution in [1.29, 1.82) is 0 Å². The predicted molar refractivity (Wildman–Crippen MR) is 106 cm³/mol. The number of ether oxygens (including phenoxy) is 1. The van der Waals surface area contributed by atoms with Crippen LogP contribution in [0.4, 0.5) is 11.4 Å². The Morgan fingerprint density at radius 1 is 1.03 bits per heavy atom. The number of carbonyl (C=O) groups is 2. The summed E-state index contributed by atoms with van der Waals surface area (Å²) in [5, 5.41) is 14.1. The molecule has 1 aliphatic heterocycles. The van der Waals surface area contributed by atoms with Crippen LogP contribution >= 0.6 is 11.6 Å². The minimum absolute atomic E-state index is 0.0166. The van der Waals surface area contributed by atoms with Gasteiger partial charge in [-0.3, -0.25) is 9.59 Å². The van der Waals surface area contributed by atoms with Crippen molar-refractivity contribution in [3.05, 3.63) is 47.5 Å². The molecule has 3 rings (SSSR count). The van der Waals surface area contributed by atoms with E-state index in [0.29, 0.717) is 13.2 Å². The van der Waals surface area contributed by atoms with Crippen molar-refractivity contribution < 1.29 is 27.9 Å². The highest BCUT2D eigenvalue weighted by atomic mass is 35.5. The lowest BCUT2D eigenvalue weighted by molar-refractivity contribution is -0.133. The van der Waals surface area contributed by atoms with E-state index in [4.69, 9.17) is 16.3 Å². The molecule has 1 saturated heterocycles. The van der Waals surface area contributed by atoms with Crippen LogP contribution < -0.4 is 10.6 Å². The van der Waals surface area contributed by atoms with E-state index in [1.807, 2.05) is 0 Å². The summed E-state index contributed by atoms with van der Waals surface area (Å²) in [7, 11) is -3.80. The van der Waals surface area contributed by atoms with Gasteiger partial charge in [0.25, 0.3) is 0 Å². The molecule has 154 valence electrons. The topological polar surface area (TPSA) is 125 Å². The van der Waals surface area contributed by atoms with Gasteiger partial charge in [-0.15, -0.1) is 0 Å². The van der Waals surface area contributed by atoms with Gasteiger partial charge in [0.1, 0.15) is 5.75 Å². The van der Waals surface area contributed by atoms with Gasteiger partial charge in [0, 0.05) is 24.8 Å². The first-order valence-electron chi connectivity index (χ1n) is 8.56. The zero-order chi connectivity index (χ0) is 21.0. The quantitative estimate of drug-likeness (QED) is 0.622. The van der Waals surface area contributed by atoms with Gasteiger partial charge in [-0.1, -0.05) is 17.7 Å². The maximum absolute atomic E-state index is 12.8. The second kappa shape index (κ2) is 8.78. The Balaban J connectivity index is 1.75. The number of rotatable bonds is 4. The number of sulfonamides is 1. The molecule has 0 radical (unpaired) electrons. The number of nitrogens with zero attached hydrogens (tertiary/aromatic N) is 1. The van der Waals surface area contributed by atoms with Gasteiger partial charge in [0.15, 0.2) is 0 Å². The first-order valence-corrected chi connectivity index (χ1v) is 10.4. The lowest BCUT2D eigenvalue weighted by Crippen LogP contribution is -2.40. The van der Waals surface area contributed by atoms with Crippen LogP contribution in [0.2, 0.25) is 5.02 Å². The maximum atomic E-state index is 12.8. The van der Waals surface area contributed by atoms with E-state index in [1.54, 1.807) is 0 Å². The minimum atomic E-state index is -3.80. The van der Waals surface area contributed by atoms with Crippen LogP contribution in [0.3, 0.4) is 0 Å². The van der Waals surface area contributed by atoms with Crippen LogP contribution in [0.15, 0.2) is 47.4 Å². The minimum Gasteiger partial charge on any atom is -0.508 e. The Morgan fingerprint density at radius 2 is 1.72 bits per heavy atom. The van der Waals surface area contributed by atoms with Gasteiger partial charge in [0.05, 0.1) is 28.8 Å². The third kappa shape index (κ3) is 5.04. The van der Waals surface area contributed by atoms with E-state index in [2.05, 4.69) is 10.6 Å². The summed E-state index contributed by atoms with van der Waals surface area (Å²) >= 11 is 6.05. The number of benzene rings is 2. The van der Waals surface area contributed by atoms with Gasteiger partial charge < -0.3 is 20.5 Å². The lowest BCUT2D eigenvalue weighted by Gasteiger charge is -2.26. The van der Waals surface area contributed by atoms with E-state index in [-0.39, 0.29) is 40.1 Å². The van der Waals surface area contributed by atoms with Crippen molar-refractivity contribution >= 4 is 44.8 Å². The number of halogens is 1. The van der Waals surface area contributed by atoms with Crippen molar-refractivity contribution in [2.24, 2.45) is 0 Å². The van der Waals surface area contributed by atoms with Crippen molar-refractivity contribution in [3.8, 4) is 5.75 Å². The van der Waals surface area contributed by atoms with E-state index in [1.165, 1.54) is 46.8 Å². The molecule has 3 N–H and O–H groups in total. The highest BCUT2D eigenvalue weighted by molar-refractivity contribution is 7.89. The maximum Gasteiger partial charge on any atom is 0.314 e. The summed E-state index contributed by atoms with van der Waals surface area (Å²) in [6, 6.07) is 9.54. The summed E-state index contributed by atoms with van der Waals surface area (Å²) in [5.41, 5.74) is 0.206. The number of aromatic hydroxyl groups is 1. The van der Waals surface area contributed by atoms with E-state index >= 15 is 0 Å². The third-order valence-corrected chi connectivity index (χ3v) is 6.33. The average Bonchev–Trinajstić information content (AvgIpc) is 2.70. The average molecular weight is 440 g/mol. The molecule has 1 heterocycles. The smallest absolute Gasteiger partial charge is 0.314 e. The molecule has 29 heavy (non-hydrogen) atoms. The fraction of sp³-hybridized carbons (Fsp3) is 0.222. The fourth-order valence-electron chi connectivity index (χ4n) is 2.65. The number of nitrogens with one attached hydrogen (secondary N) is 2. The predicted octanol–water partition coefficient (Wildman–Crippen LogP) is 1.64. The van der Waals surface area contributed by atoms with Crippen molar-refractivity contribution in [1.82, 2.24) is 4.31 Å². The largest absolute Gasteiger partial charge is 0.508 e. The molecule has 0 atom stereocenters. The molecule has 0 aliphatic carbocycles. The standard InChI is InChI=1S/C18H18ClN3O6S/c19-15-5-4-14(29(26,27)22-6-8-28-9-7-22)11-16(15)21-18(25)17(24)20-12-2-1-3-13(23)10-12/h1-5,10-11,23H,6-9H2,(H,20,24)(H,21,25). The Hall–Kier alpha value is -2.66. The Labute approximate surface area is 172 Å². The Morgan fingerprint density at radius 3 is 2.41 bits per heavy atom. The second-order valence-corrected chi connectivity index (χ2v) is 8.46. The molecular weight excluding hydrogens is 422 g/mol. The van der Waals surface area contributed by atoms with Crippen molar-refractivity contribution in [2.45, 2.75) is 4.90 Å². The van der Waals surface area contributed by atoms with Crippen LogP contribution in [0.1, 0.15) is 0 Å². The van der Waals surface area contributed by atoms with Crippen LogP contribution in [-0.4, -0.2) is 55.9 Å². The molecule has 2 aromatic rings. The lowest BCUT2D eigenvalue weighted by atomic mass is 10.3. The van der Waals surface area contributed by atoms with Crippen molar-refractivity contribution in [2.75, 3.05) is 36.9 Å². The summed E-state index contributed by atoms with van der Waals surface area (Å²) in [4.78, 5) is 24.2. The zero-order valence-corrected chi connectivity index (χ0v) is 16.7. The van der Waals surface area contributed by atoms with Gasteiger partial charge in [-0.05, 0) is 30.3 Å². The number of phenols is 1. The Bertz CT molecular complexity index is 1040. The molecule has 2 aromatic carbocycles. The fourth-order valence-corrected chi connectivity index (χ4v) is 4.25. The van der Waals surface area contributed by atoms with E-state index < -0.39 is 21.8 Å². The number of phenolic OH excluding ortho intramolecular Hbond substituents is 1. The summed E-state index contributed by atoms with van der Waals surface area (Å²) < 4.78 is 32.0. The number of anilines is 2. The number of amides is 2. The Kier molecular flexibility index (Phi) is 6.38. The van der Waals surface area contributed by atoms with Crippen LogP contribution in [0.25, 0.3) is 0 Å². The van der Waals surface area contributed by atoms with Gasteiger partial charge >= 0.3 is 11.8 Å². The molecule has 0 unspecified atom stereocenters. The molecule has 9 nitrogen and oxygen atoms in total. The summed E-state index contributed by atoms with van der Waals surface area (Å²) in [6.45, 7) is 1.04. The number of hydrogen-bond acceptors (Lipinski definition) is 6. The zero-order valence-electron chi connectivity index (χ0n) is 15.1. The van der Waals surface area contributed by atoms with Gasteiger partial charge in [-0.2, -0.15) is 4.31 Å². The van der Waals surface area contributed by atoms with Crippen LogP contribution in [0.5, 0.6) is 5.75 Å². The normalized spacial score (nSPS) is 14.9. The van der Waals surface area contributed by atoms with Gasteiger partial charge in [-0.25, -0.2) is 8.42 Å². The monoisotopic (exact) mass is 439 g/mol. The van der Waals surface area contributed by atoms with Crippen LogP contribution in [-0.2, 0) is 24.3 Å². The molecule has 0 aromatic heterocycles. The van der Waals surface area contributed by atoms with Crippen molar-refractivity contribution in [3.63, 3.8) is 0 Å². The molecule has 1 aliphatic rings. The van der Waals surface area contributed by atoms with E-state index in [0.717, 1.165) is 0 Å². The second-order valence-electron chi connectivity index (χ2n) is 6.12. The summed E-state index contributed by atoms with van der Waals surface area (Å²) in [6.07, 6.45) is 0.